The molecule has 1 aliphatic heterocycles. The van der Waals surface area contributed by atoms with Crippen molar-refractivity contribution in [3.63, 3.8) is 0 Å². The average molecular weight is 327 g/mol. The molecule has 1 N–H and O–H groups in total. The molecular formula is C14H11F2NO4S. The summed E-state index contributed by atoms with van der Waals surface area (Å²) in [5.74, 6) is -1.01. The maximum absolute atomic E-state index is 13.6. The molecule has 0 saturated carbocycles. The maximum atomic E-state index is 13.6. The molecule has 0 bridgehead atoms. The summed E-state index contributed by atoms with van der Waals surface area (Å²) >= 11 is 0. The second-order valence-corrected chi connectivity index (χ2v) is 6.19. The molecule has 0 amide bonds. The van der Waals surface area contributed by atoms with E-state index in [2.05, 4.69) is 4.72 Å². The number of ether oxygens (including phenoxy) is 2. The zero-order chi connectivity index (χ0) is 15.7. The Morgan fingerprint density at radius 3 is 2.45 bits per heavy atom. The smallest absolute Gasteiger partial charge is 0.264 e. The average Bonchev–Trinajstić information content (AvgIpc) is 2.49. The SMILES string of the molecule is O=S(=O)(Nc1ccc2c(c1)OCCO2)c1cc(F)ccc1F. The summed E-state index contributed by atoms with van der Waals surface area (Å²) in [4.78, 5) is -0.762. The number of sulfonamides is 1. The van der Waals surface area contributed by atoms with Gasteiger partial charge < -0.3 is 9.47 Å². The first-order valence-corrected chi connectivity index (χ1v) is 7.81. The Bertz CT molecular complexity index is 824. The summed E-state index contributed by atoms with van der Waals surface area (Å²) in [6.07, 6.45) is 0. The third-order valence-electron chi connectivity index (χ3n) is 2.98. The summed E-state index contributed by atoms with van der Waals surface area (Å²) in [5, 5.41) is 0. The second kappa shape index (κ2) is 5.45. The lowest BCUT2D eigenvalue weighted by molar-refractivity contribution is 0.171. The van der Waals surface area contributed by atoms with Crippen LogP contribution in [0.2, 0.25) is 0 Å². The van der Waals surface area contributed by atoms with Crippen molar-refractivity contribution in [2.45, 2.75) is 4.90 Å². The van der Waals surface area contributed by atoms with Gasteiger partial charge in [-0.1, -0.05) is 0 Å². The van der Waals surface area contributed by atoms with Gasteiger partial charge in [-0.2, -0.15) is 0 Å². The molecule has 0 atom stereocenters. The fourth-order valence-corrected chi connectivity index (χ4v) is 3.14. The lowest BCUT2D eigenvalue weighted by Gasteiger charge is -2.19. The van der Waals surface area contributed by atoms with Crippen molar-refractivity contribution in [1.82, 2.24) is 0 Å². The van der Waals surface area contributed by atoms with Gasteiger partial charge in [0.1, 0.15) is 29.7 Å². The highest BCUT2D eigenvalue weighted by atomic mass is 32.2. The second-order valence-electron chi connectivity index (χ2n) is 4.54. The number of fused-ring (bicyclic) bond motifs is 1. The summed E-state index contributed by atoms with van der Waals surface area (Å²) in [5.41, 5.74) is 0.160. The molecule has 0 saturated heterocycles. The number of hydrogen-bond donors (Lipinski definition) is 1. The van der Waals surface area contributed by atoms with Gasteiger partial charge in [-0.3, -0.25) is 4.72 Å². The molecule has 2 aromatic rings. The highest BCUT2D eigenvalue weighted by Gasteiger charge is 2.21. The number of anilines is 1. The van der Waals surface area contributed by atoms with Crippen LogP contribution >= 0.6 is 0 Å². The van der Waals surface area contributed by atoms with E-state index in [-0.39, 0.29) is 5.69 Å². The number of hydrogen-bond acceptors (Lipinski definition) is 4. The van der Waals surface area contributed by atoms with Crippen molar-refractivity contribution in [1.29, 1.82) is 0 Å². The first-order valence-electron chi connectivity index (χ1n) is 6.33. The first kappa shape index (κ1) is 14.6. The summed E-state index contributed by atoms with van der Waals surface area (Å²) < 4.78 is 63.9. The third-order valence-corrected chi connectivity index (χ3v) is 4.37. The molecule has 0 spiro atoms. The quantitative estimate of drug-likeness (QED) is 0.941. The van der Waals surface area contributed by atoms with Gasteiger partial charge in [0.25, 0.3) is 10.0 Å². The van der Waals surface area contributed by atoms with Crippen molar-refractivity contribution in [2.75, 3.05) is 17.9 Å². The van der Waals surface area contributed by atoms with Gasteiger partial charge >= 0.3 is 0 Å². The predicted molar refractivity (Wildman–Crippen MR) is 74.6 cm³/mol. The van der Waals surface area contributed by atoms with Crippen molar-refractivity contribution >= 4 is 15.7 Å². The molecule has 5 nitrogen and oxygen atoms in total. The van der Waals surface area contributed by atoms with E-state index in [9.17, 15) is 17.2 Å². The van der Waals surface area contributed by atoms with Crippen LogP contribution in [0.25, 0.3) is 0 Å². The third kappa shape index (κ3) is 2.82. The molecule has 0 radical (unpaired) electrons. The lowest BCUT2D eigenvalue weighted by Crippen LogP contribution is -2.17. The molecule has 22 heavy (non-hydrogen) atoms. The Kier molecular flexibility index (Phi) is 3.61. The fourth-order valence-electron chi connectivity index (χ4n) is 2.00. The molecule has 1 aliphatic rings. The molecule has 8 heteroatoms. The van der Waals surface area contributed by atoms with E-state index in [0.717, 1.165) is 12.1 Å². The molecule has 0 aliphatic carbocycles. The minimum absolute atomic E-state index is 0.160. The van der Waals surface area contributed by atoms with Gasteiger partial charge in [0.05, 0.1) is 5.69 Å². The Hall–Kier alpha value is -2.35. The predicted octanol–water partition coefficient (Wildman–Crippen LogP) is 2.54. The van der Waals surface area contributed by atoms with Crippen LogP contribution < -0.4 is 14.2 Å². The standard InChI is InChI=1S/C14H11F2NO4S/c15-9-1-3-11(16)14(7-9)22(18,19)17-10-2-4-12-13(8-10)21-6-5-20-12/h1-4,7-8,17H,5-6H2. The minimum atomic E-state index is -4.25. The van der Waals surface area contributed by atoms with Crippen LogP contribution in [-0.4, -0.2) is 21.6 Å². The van der Waals surface area contributed by atoms with Gasteiger partial charge in [0.2, 0.25) is 0 Å². The topological polar surface area (TPSA) is 64.6 Å². The zero-order valence-electron chi connectivity index (χ0n) is 11.2. The highest BCUT2D eigenvalue weighted by molar-refractivity contribution is 7.92. The largest absolute Gasteiger partial charge is 0.486 e. The normalized spacial score (nSPS) is 13.7. The Morgan fingerprint density at radius 1 is 0.955 bits per heavy atom. The van der Waals surface area contributed by atoms with Gasteiger partial charge in [0, 0.05) is 6.07 Å². The highest BCUT2D eigenvalue weighted by Crippen LogP contribution is 2.33. The summed E-state index contributed by atoms with van der Waals surface area (Å²) in [6.45, 7) is 0.758. The van der Waals surface area contributed by atoms with E-state index in [1.807, 2.05) is 0 Å². The van der Waals surface area contributed by atoms with Gasteiger partial charge in [-0.25, -0.2) is 17.2 Å². The Labute approximate surface area is 125 Å². The van der Waals surface area contributed by atoms with E-state index in [1.54, 1.807) is 0 Å². The van der Waals surface area contributed by atoms with Crippen LogP contribution in [0.4, 0.5) is 14.5 Å². The van der Waals surface area contributed by atoms with Crippen molar-refractivity contribution in [2.24, 2.45) is 0 Å². The molecule has 2 aromatic carbocycles. The first-order chi connectivity index (χ1) is 10.5. The zero-order valence-corrected chi connectivity index (χ0v) is 12.0. The van der Waals surface area contributed by atoms with Crippen LogP contribution in [0.3, 0.4) is 0 Å². The molecule has 116 valence electrons. The van der Waals surface area contributed by atoms with E-state index in [1.165, 1.54) is 18.2 Å². The van der Waals surface area contributed by atoms with Crippen LogP contribution in [0.15, 0.2) is 41.3 Å². The van der Waals surface area contributed by atoms with Crippen molar-refractivity contribution < 1.29 is 26.7 Å². The van der Waals surface area contributed by atoms with Gasteiger partial charge in [-0.05, 0) is 30.3 Å². The number of benzene rings is 2. The van der Waals surface area contributed by atoms with Crippen molar-refractivity contribution in [3.8, 4) is 11.5 Å². The fraction of sp³-hybridized carbons (Fsp3) is 0.143. The van der Waals surface area contributed by atoms with Crippen LogP contribution in [0, 0.1) is 11.6 Å². The molecule has 3 rings (SSSR count). The lowest BCUT2D eigenvalue weighted by atomic mass is 10.3. The number of nitrogens with one attached hydrogen (secondary N) is 1. The number of halogens is 2. The Balaban J connectivity index is 1.93. The Morgan fingerprint density at radius 2 is 1.68 bits per heavy atom. The minimum Gasteiger partial charge on any atom is -0.486 e. The monoisotopic (exact) mass is 327 g/mol. The molecule has 0 fully saturated rings. The van der Waals surface area contributed by atoms with Crippen molar-refractivity contribution in [3.05, 3.63) is 48.0 Å². The van der Waals surface area contributed by atoms with Gasteiger partial charge in [0.15, 0.2) is 11.5 Å². The summed E-state index contributed by atoms with van der Waals surface area (Å²) in [7, 11) is -4.25. The van der Waals surface area contributed by atoms with E-state index in [0.29, 0.717) is 30.8 Å². The van der Waals surface area contributed by atoms with Crippen LogP contribution in [-0.2, 0) is 10.0 Å². The maximum Gasteiger partial charge on any atom is 0.264 e. The van der Waals surface area contributed by atoms with E-state index in [4.69, 9.17) is 9.47 Å². The van der Waals surface area contributed by atoms with E-state index < -0.39 is 26.6 Å². The molecular weight excluding hydrogens is 316 g/mol. The molecule has 1 heterocycles. The molecule has 0 unspecified atom stereocenters. The van der Waals surface area contributed by atoms with Crippen LogP contribution in [0.1, 0.15) is 0 Å². The van der Waals surface area contributed by atoms with E-state index >= 15 is 0 Å². The van der Waals surface area contributed by atoms with Crippen LogP contribution in [0.5, 0.6) is 11.5 Å². The summed E-state index contributed by atoms with van der Waals surface area (Å²) in [6, 6.07) is 6.63. The molecule has 0 aromatic heterocycles. The number of rotatable bonds is 3. The van der Waals surface area contributed by atoms with Gasteiger partial charge in [-0.15, -0.1) is 0 Å².